The molecule has 3 rings (SSSR count). The standard InChI is InChI=1S/C21H16F4N2O5S/c1-32-21(28)13-8-11(7-10-3-2-4-15(26)17(10)23)18(24)19(25)20(13)27-16-6-5-12(9-14(16)22)33(29,30)31/h2-6,8-9,27H,7,26H2,1H3,(H,29,30,31). The maximum Gasteiger partial charge on any atom is 0.340 e. The van der Waals surface area contributed by atoms with E-state index in [4.69, 9.17) is 10.3 Å². The molecule has 0 aromatic heterocycles. The lowest BCUT2D eigenvalue weighted by Gasteiger charge is -2.16. The highest BCUT2D eigenvalue weighted by atomic mass is 32.2. The van der Waals surface area contributed by atoms with E-state index < -0.39 is 73.2 Å². The molecule has 0 bridgehead atoms. The van der Waals surface area contributed by atoms with Crippen LogP contribution in [-0.2, 0) is 21.3 Å². The van der Waals surface area contributed by atoms with Gasteiger partial charge in [-0.1, -0.05) is 12.1 Å². The number of hydrogen-bond acceptors (Lipinski definition) is 6. The number of methoxy groups -OCH3 is 1. The van der Waals surface area contributed by atoms with E-state index in [2.05, 4.69) is 10.1 Å². The van der Waals surface area contributed by atoms with Crippen molar-refractivity contribution >= 4 is 33.1 Å². The molecule has 7 nitrogen and oxygen atoms in total. The second-order valence-electron chi connectivity index (χ2n) is 6.82. The van der Waals surface area contributed by atoms with E-state index in [9.17, 15) is 30.8 Å². The van der Waals surface area contributed by atoms with Crippen molar-refractivity contribution in [1.29, 1.82) is 0 Å². The van der Waals surface area contributed by atoms with Gasteiger partial charge in [0.05, 0.1) is 34.6 Å². The molecule has 4 N–H and O–H groups in total. The average Bonchev–Trinajstić information content (AvgIpc) is 2.76. The largest absolute Gasteiger partial charge is 0.465 e. The fourth-order valence-electron chi connectivity index (χ4n) is 3.03. The highest BCUT2D eigenvalue weighted by molar-refractivity contribution is 7.85. The quantitative estimate of drug-likeness (QED) is 0.208. The van der Waals surface area contributed by atoms with E-state index in [1.807, 2.05) is 0 Å². The number of nitrogen functional groups attached to an aromatic ring is 1. The Morgan fingerprint density at radius 1 is 1.03 bits per heavy atom. The third-order valence-electron chi connectivity index (χ3n) is 4.67. The highest BCUT2D eigenvalue weighted by Crippen LogP contribution is 2.32. The Labute approximate surface area is 185 Å². The number of carbonyl (C=O) groups is 1. The predicted molar refractivity (Wildman–Crippen MR) is 111 cm³/mol. The zero-order valence-electron chi connectivity index (χ0n) is 16.8. The van der Waals surface area contributed by atoms with Crippen molar-refractivity contribution in [2.75, 3.05) is 18.2 Å². The van der Waals surface area contributed by atoms with Crippen molar-refractivity contribution in [1.82, 2.24) is 0 Å². The summed E-state index contributed by atoms with van der Waals surface area (Å²) in [5, 5.41) is 2.19. The van der Waals surface area contributed by atoms with Gasteiger partial charge in [0.15, 0.2) is 11.6 Å². The zero-order valence-corrected chi connectivity index (χ0v) is 17.6. The second-order valence-corrected chi connectivity index (χ2v) is 8.24. The van der Waals surface area contributed by atoms with E-state index in [1.54, 1.807) is 0 Å². The number of halogens is 4. The van der Waals surface area contributed by atoms with E-state index in [0.717, 1.165) is 25.3 Å². The van der Waals surface area contributed by atoms with Gasteiger partial charge in [0.25, 0.3) is 10.1 Å². The number of anilines is 3. The molecular weight excluding hydrogens is 468 g/mol. The zero-order chi connectivity index (χ0) is 24.5. The van der Waals surface area contributed by atoms with E-state index in [1.165, 1.54) is 18.2 Å². The Balaban J connectivity index is 2.10. The molecule has 0 saturated heterocycles. The first kappa shape index (κ1) is 24.0. The summed E-state index contributed by atoms with van der Waals surface area (Å²) in [7, 11) is -3.73. The van der Waals surface area contributed by atoms with Crippen molar-refractivity contribution in [3.05, 3.63) is 82.4 Å². The molecule has 0 aliphatic carbocycles. The molecule has 0 unspecified atom stereocenters. The summed E-state index contributed by atoms with van der Waals surface area (Å²) in [5.41, 5.74) is 2.97. The van der Waals surface area contributed by atoms with Crippen LogP contribution in [0.2, 0.25) is 0 Å². The Bertz CT molecular complexity index is 1360. The van der Waals surface area contributed by atoms with E-state index >= 15 is 0 Å². The lowest BCUT2D eigenvalue weighted by atomic mass is 9.99. The number of ether oxygens (including phenoxy) is 1. The predicted octanol–water partition coefficient (Wildman–Crippen LogP) is 4.19. The van der Waals surface area contributed by atoms with E-state index in [0.29, 0.717) is 6.07 Å². The minimum absolute atomic E-state index is 0.0586. The monoisotopic (exact) mass is 484 g/mol. The van der Waals surface area contributed by atoms with Crippen LogP contribution in [0.5, 0.6) is 0 Å². The molecule has 174 valence electrons. The van der Waals surface area contributed by atoms with Gasteiger partial charge in [-0.25, -0.2) is 22.4 Å². The lowest BCUT2D eigenvalue weighted by Crippen LogP contribution is -2.12. The smallest absolute Gasteiger partial charge is 0.340 e. The summed E-state index contributed by atoms with van der Waals surface area (Å²) in [4.78, 5) is 11.5. The summed E-state index contributed by atoms with van der Waals surface area (Å²) in [5.74, 6) is -6.22. The van der Waals surface area contributed by atoms with Gasteiger partial charge in [-0.05, 0) is 41.5 Å². The summed E-state index contributed by atoms with van der Waals surface area (Å²) >= 11 is 0. The Morgan fingerprint density at radius 3 is 2.33 bits per heavy atom. The number of hydrogen-bond donors (Lipinski definition) is 3. The van der Waals surface area contributed by atoms with Crippen molar-refractivity contribution in [2.24, 2.45) is 0 Å². The van der Waals surface area contributed by atoms with Crippen LogP contribution in [0.15, 0.2) is 47.4 Å². The molecule has 0 aliphatic rings. The maximum atomic E-state index is 15.0. The highest BCUT2D eigenvalue weighted by Gasteiger charge is 2.25. The lowest BCUT2D eigenvalue weighted by molar-refractivity contribution is 0.0601. The molecule has 0 atom stereocenters. The minimum Gasteiger partial charge on any atom is -0.465 e. The number of nitrogens with two attached hydrogens (primary N) is 1. The number of carbonyl (C=O) groups excluding carboxylic acids is 1. The molecule has 0 spiro atoms. The molecule has 0 heterocycles. The minimum atomic E-state index is -4.71. The third-order valence-corrected chi connectivity index (χ3v) is 5.52. The Kier molecular flexibility index (Phi) is 6.60. The summed E-state index contributed by atoms with van der Waals surface area (Å²) in [6.07, 6.45) is -0.457. The first-order valence-electron chi connectivity index (χ1n) is 9.10. The topological polar surface area (TPSA) is 119 Å². The van der Waals surface area contributed by atoms with Crippen LogP contribution in [0, 0.1) is 23.3 Å². The molecule has 3 aromatic carbocycles. The van der Waals surface area contributed by atoms with Crippen LogP contribution >= 0.6 is 0 Å². The van der Waals surface area contributed by atoms with Crippen molar-refractivity contribution in [3.63, 3.8) is 0 Å². The van der Waals surface area contributed by atoms with E-state index in [-0.39, 0.29) is 11.3 Å². The molecule has 0 fully saturated rings. The molecule has 0 radical (unpaired) electrons. The average molecular weight is 484 g/mol. The van der Waals surface area contributed by atoms with Gasteiger partial charge in [0, 0.05) is 6.42 Å². The molecule has 3 aromatic rings. The number of benzene rings is 3. The maximum absolute atomic E-state index is 15.0. The summed E-state index contributed by atoms with van der Waals surface area (Å²) < 4.78 is 94.2. The number of esters is 1. The molecular formula is C21H16F4N2O5S. The van der Waals surface area contributed by atoms with Crippen LogP contribution in [0.3, 0.4) is 0 Å². The second kappa shape index (κ2) is 9.08. The van der Waals surface area contributed by atoms with Gasteiger partial charge in [-0.2, -0.15) is 8.42 Å². The fourth-order valence-corrected chi connectivity index (χ4v) is 3.53. The van der Waals surface area contributed by atoms with Crippen LogP contribution < -0.4 is 11.1 Å². The molecule has 0 amide bonds. The van der Waals surface area contributed by atoms with Gasteiger partial charge in [0.2, 0.25) is 0 Å². The Morgan fingerprint density at radius 2 is 1.73 bits per heavy atom. The van der Waals surface area contributed by atoms with Crippen molar-refractivity contribution in [2.45, 2.75) is 11.3 Å². The molecule has 12 heteroatoms. The van der Waals surface area contributed by atoms with Gasteiger partial charge >= 0.3 is 5.97 Å². The number of rotatable bonds is 6. The van der Waals surface area contributed by atoms with Gasteiger partial charge in [-0.15, -0.1) is 0 Å². The first-order valence-corrected chi connectivity index (χ1v) is 10.5. The molecule has 0 saturated carbocycles. The van der Waals surface area contributed by atoms with Gasteiger partial charge in [0.1, 0.15) is 11.6 Å². The first-order chi connectivity index (χ1) is 15.4. The number of nitrogens with one attached hydrogen (secondary N) is 1. The van der Waals surface area contributed by atoms with Crippen molar-refractivity contribution in [3.8, 4) is 0 Å². The van der Waals surface area contributed by atoms with Crippen LogP contribution in [0.25, 0.3) is 0 Å². The van der Waals surface area contributed by atoms with Crippen LogP contribution in [0.4, 0.5) is 34.6 Å². The van der Waals surface area contributed by atoms with Crippen molar-refractivity contribution < 1.29 is 40.1 Å². The molecule has 33 heavy (non-hydrogen) atoms. The van der Waals surface area contributed by atoms with Crippen LogP contribution in [0.1, 0.15) is 21.5 Å². The SMILES string of the molecule is COC(=O)c1cc(Cc2cccc(N)c2F)c(F)c(F)c1Nc1ccc(S(=O)(=O)O)cc1F. The molecule has 0 aliphatic heterocycles. The summed E-state index contributed by atoms with van der Waals surface area (Å²) in [6.45, 7) is 0. The fraction of sp³-hybridized carbons (Fsp3) is 0.0952. The third kappa shape index (κ3) is 4.91. The van der Waals surface area contributed by atoms with Gasteiger partial charge < -0.3 is 15.8 Å². The Hall–Kier alpha value is -3.64. The normalized spacial score (nSPS) is 11.3. The summed E-state index contributed by atoms with van der Waals surface area (Å²) in [6, 6.07) is 7.01. The van der Waals surface area contributed by atoms with Crippen LogP contribution in [-0.4, -0.2) is 26.0 Å². The van der Waals surface area contributed by atoms with Gasteiger partial charge in [-0.3, -0.25) is 4.55 Å².